The van der Waals surface area contributed by atoms with Crippen LogP contribution in [0.2, 0.25) is 0 Å². The number of carboxylic acids is 1. The second-order valence-electron chi connectivity index (χ2n) is 2.37. The Morgan fingerprint density at radius 1 is 1.91 bits per heavy atom. The monoisotopic (exact) mass is 157 g/mol. The largest absolute Gasteiger partial charge is 0.481 e. The van der Waals surface area contributed by atoms with E-state index in [1.807, 2.05) is 6.92 Å². The van der Waals surface area contributed by atoms with Crippen molar-refractivity contribution in [2.45, 2.75) is 13.3 Å². The zero-order valence-electron chi connectivity index (χ0n) is 6.41. The molecule has 0 spiro atoms. The third-order valence-electron chi connectivity index (χ3n) is 1.61. The van der Waals surface area contributed by atoms with E-state index >= 15 is 0 Å². The molecule has 0 saturated heterocycles. The summed E-state index contributed by atoms with van der Waals surface area (Å²) in [7, 11) is 0. The number of carboxylic acid groups (broad SMARTS) is 1. The summed E-state index contributed by atoms with van der Waals surface area (Å²) in [6.45, 7) is 2.93. The van der Waals surface area contributed by atoms with Gasteiger partial charge in [-0.05, 0) is 6.42 Å². The van der Waals surface area contributed by atoms with Crippen LogP contribution in [0.25, 0.3) is 0 Å². The van der Waals surface area contributed by atoms with Crippen LogP contribution in [-0.4, -0.2) is 30.1 Å². The zero-order valence-corrected chi connectivity index (χ0v) is 6.41. The maximum Gasteiger partial charge on any atom is 0.315 e. The quantitative estimate of drug-likeness (QED) is 0.650. The molecule has 0 radical (unpaired) electrons. The van der Waals surface area contributed by atoms with Crippen molar-refractivity contribution < 1.29 is 14.6 Å². The van der Waals surface area contributed by atoms with E-state index in [0.717, 1.165) is 0 Å². The third-order valence-corrected chi connectivity index (χ3v) is 1.61. The Balaban J connectivity index is 2.61. The van der Waals surface area contributed by atoms with Crippen molar-refractivity contribution in [3.05, 3.63) is 0 Å². The smallest absolute Gasteiger partial charge is 0.315 e. The fraction of sp³-hybridized carbons (Fsp3) is 0.714. The zero-order chi connectivity index (χ0) is 8.27. The molecule has 0 fully saturated rings. The van der Waals surface area contributed by atoms with Gasteiger partial charge in [0, 0.05) is 0 Å². The molecule has 4 heteroatoms. The lowest BCUT2D eigenvalue weighted by Crippen LogP contribution is -2.23. The van der Waals surface area contributed by atoms with E-state index in [2.05, 4.69) is 4.99 Å². The van der Waals surface area contributed by atoms with Gasteiger partial charge in [-0.1, -0.05) is 6.92 Å². The standard InChI is InChI=1S/C7H11NO3/c1-2-5(7(9)10)6-8-3-4-11-6/h5H,2-4H2,1H3,(H,9,10). The number of nitrogens with zero attached hydrogens (tertiary/aromatic N) is 1. The molecule has 1 N–H and O–H groups in total. The molecule has 0 aromatic rings. The Kier molecular flexibility index (Phi) is 2.46. The molecule has 0 bridgehead atoms. The highest BCUT2D eigenvalue weighted by Gasteiger charge is 2.25. The van der Waals surface area contributed by atoms with Gasteiger partial charge in [0.15, 0.2) is 5.90 Å². The lowest BCUT2D eigenvalue weighted by Gasteiger charge is -2.08. The lowest BCUT2D eigenvalue weighted by molar-refractivity contribution is -0.139. The molecule has 0 saturated carbocycles. The first-order valence-electron chi connectivity index (χ1n) is 3.65. The molecule has 0 aromatic carbocycles. The van der Waals surface area contributed by atoms with E-state index in [0.29, 0.717) is 25.5 Å². The highest BCUT2D eigenvalue weighted by molar-refractivity contribution is 5.97. The second kappa shape index (κ2) is 3.37. The Bertz CT molecular complexity index is 188. The molecular weight excluding hydrogens is 146 g/mol. The average Bonchev–Trinajstić information content (AvgIpc) is 2.40. The molecule has 0 aromatic heterocycles. The summed E-state index contributed by atoms with van der Waals surface area (Å²) in [6.07, 6.45) is 0.536. The summed E-state index contributed by atoms with van der Waals surface area (Å²) in [5, 5.41) is 8.67. The van der Waals surface area contributed by atoms with E-state index in [1.165, 1.54) is 0 Å². The van der Waals surface area contributed by atoms with Gasteiger partial charge in [-0.25, -0.2) is 0 Å². The summed E-state index contributed by atoms with van der Waals surface area (Å²) in [5.74, 6) is -1.01. The number of carbonyl (C=O) groups is 1. The van der Waals surface area contributed by atoms with E-state index in [4.69, 9.17) is 9.84 Å². The highest BCUT2D eigenvalue weighted by atomic mass is 16.5. The van der Waals surface area contributed by atoms with Gasteiger partial charge in [-0.15, -0.1) is 0 Å². The minimum atomic E-state index is -0.854. The van der Waals surface area contributed by atoms with Gasteiger partial charge in [0.1, 0.15) is 12.5 Å². The fourth-order valence-corrected chi connectivity index (χ4v) is 1.02. The number of hydrogen-bond acceptors (Lipinski definition) is 3. The van der Waals surface area contributed by atoms with Gasteiger partial charge >= 0.3 is 5.97 Å². The molecule has 1 unspecified atom stereocenters. The summed E-state index contributed by atoms with van der Waals surface area (Å²) in [5.41, 5.74) is 0. The second-order valence-corrected chi connectivity index (χ2v) is 2.37. The van der Waals surface area contributed by atoms with Gasteiger partial charge in [0.25, 0.3) is 0 Å². The molecule has 1 rings (SSSR count). The van der Waals surface area contributed by atoms with Gasteiger partial charge < -0.3 is 9.84 Å². The fourth-order valence-electron chi connectivity index (χ4n) is 1.02. The number of aliphatic imine (C=N–C) groups is 1. The van der Waals surface area contributed by atoms with Crippen molar-refractivity contribution in [2.75, 3.05) is 13.2 Å². The molecule has 4 nitrogen and oxygen atoms in total. The van der Waals surface area contributed by atoms with Crippen LogP contribution in [0.4, 0.5) is 0 Å². The summed E-state index contributed by atoms with van der Waals surface area (Å²) >= 11 is 0. The Morgan fingerprint density at radius 2 is 2.64 bits per heavy atom. The van der Waals surface area contributed by atoms with Crippen molar-refractivity contribution in [1.29, 1.82) is 0 Å². The van der Waals surface area contributed by atoms with Crippen LogP contribution in [0, 0.1) is 5.92 Å². The van der Waals surface area contributed by atoms with Crippen molar-refractivity contribution >= 4 is 11.9 Å². The molecule has 1 atom stereocenters. The van der Waals surface area contributed by atoms with Gasteiger partial charge in [0.05, 0.1) is 6.54 Å². The van der Waals surface area contributed by atoms with Crippen molar-refractivity contribution in [2.24, 2.45) is 10.9 Å². The van der Waals surface area contributed by atoms with Gasteiger partial charge in [-0.2, -0.15) is 0 Å². The maximum absolute atomic E-state index is 10.6. The topological polar surface area (TPSA) is 58.9 Å². The van der Waals surface area contributed by atoms with Crippen LogP contribution in [0.15, 0.2) is 4.99 Å². The molecule has 0 aliphatic carbocycles. The first-order chi connectivity index (χ1) is 5.25. The van der Waals surface area contributed by atoms with Crippen molar-refractivity contribution in [3.8, 4) is 0 Å². The van der Waals surface area contributed by atoms with Crippen LogP contribution in [0.5, 0.6) is 0 Å². The van der Waals surface area contributed by atoms with E-state index in [9.17, 15) is 4.79 Å². The molecule has 62 valence electrons. The number of aliphatic carboxylic acids is 1. The third kappa shape index (κ3) is 1.69. The van der Waals surface area contributed by atoms with Crippen molar-refractivity contribution in [3.63, 3.8) is 0 Å². The molecule has 11 heavy (non-hydrogen) atoms. The van der Waals surface area contributed by atoms with E-state index < -0.39 is 11.9 Å². The average molecular weight is 157 g/mol. The van der Waals surface area contributed by atoms with Crippen LogP contribution in [0.3, 0.4) is 0 Å². The van der Waals surface area contributed by atoms with Crippen LogP contribution >= 0.6 is 0 Å². The summed E-state index contributed by atoms with van der Waals surface area (Å²) in [6, 6.07) is 0. The Morgan fingerprint density at radius 3 is 3.00 bits per heavy atom. The highest BCUT2D eigenvalue weighted by Crippen LogP contribution is 2.10. The number of ether oxygens (including phenoxy) is 1. The van der Waals surface area contributed by atoms with E-state index in [1.54, 1.807) is 0 Å². The minimum absolute atomic E-state index is 0.389. The molecule has 1 heterocycles. The lowest BCUT2D eigenvalue weighted by atomic mass is 10.1. The Hall–Kier alpha value is -1.06. The minimum Gasteiger partial charge on any atom is -0.481 e. The van der Waals surface area contributed by atoms with Crippen LogP contribution in [0.1, 0.15) is 13.3 Å². The predicted octanol–water partition coefficient (Wildman–Crippen LogP) is 0.526. The maximum atomic E-state index is 10.6. The normalized spacial score (nSPS) is 18.8. The predicted molar refractivity (Wildman–Crippen MR) is 39.7 cm³/mol. The van der Waals surface area contributed by atoms with Crippen LogP contribution in [-0.2, 0) is 9.53 Å². The van der Waals surface area contributed by atoms with Crippen molar-refractivity contribution in [1.82, 2.24) is 0 Å². The molecule has 0 amide bonds. The van der Waals surface area contributed by atoms with Gasteiger partial charge in [0.2, 0.25) is 0 Å². The number of hydrogen-bond donors (Lipinski definition) is 1. The van der Waals surface area contributed by atoms with Gasteiger partial charge in [-0.3, -0.25) is 9.79 Å². The molecular formula is C7H11NO3. The first-order valence-corrected chi connectivity index (χ1v) is 3.65. The first kappa shape index (κ1) is 8.04. The molecule has 1 aliphatic rings. The molecule has 1 aliphatic heterocycles. The van der Waals surface area contributed by atoms with E-state index in [-0.39, 0.29) is 0 Å². The van der Waals surface area contributed by atoms with Crippen LogP contribution < -0.4 is 0 Å². The SMILES string of the molecule is CCC(C(=O)O)C1=NCCO1. The summed E-state index contributed by atoms with van der Waals surface area (Å²) in [4.78, 5) is 14.5. The summed E-state index contributed by atoms with van der Waals surface area (Å²) < 4.78 is 5.04. The Labute approximate surface area is 64.9 Å². The number of rotatable bonds is 3.